The maximum atomic E-state index is 11.8. The van der Waals surface area contributed by atoms with E-state index in [0.29, 0.717) is 6.42 Å². The van der Waals surface area contributed by atoms with Crippen molar-refractivity contribution in [2.24, 2.45) is 22.7 Å². The van der Waals surface area contributed by atoms with Gasteiger partial charge in [0.15, 0.2) is 0 Å². The minimum atomic E-state index is -0.446. The van der Waals surface area contributed by atoms with Crippen LogP contribution in [0, 0.1) is 22.7 Å². The van der Waals surface area contributed by atoms with Crippen molar-refractivity contribution in [3.63, 3.8) is 0 Å². The molecule has 0 amide bonds. The summed E-state index contributed by atoms with van der Waals surface area (Å²) in [5.41, 5.74) is 2.27. The number of hydrogen-bond donors (Lipinski definition) is 2. The van der Waals surface area contributed by atoms with Crippen LogP contribution in [0.2, 0.25) is 0 Å². The molecule has 0 radical (unpaired) electrons. The van der Waals surface area contributed by atoms with Crippen LogP contribution in [0.5, 0.6) is 0 Å². The molecule has 136 valence electrons. The minimum Gasteiger partial charge on any atom is -0.458 e. The van der Waals surface area contributed by atoms with Crippen LogP contribution in [-0.4, -0.2) is 34.5 Å². The third-order valence-electron chi connectivity index (χ3n) is 7.31. The van der Waals surface area contributed by atoms with Gasteiger partial charge in [0.05, 0.1) is 12.2 Å². The van der Waals surface area contributed by atoms with Gasteiger partial charge in [-0.3, -0.25) is 4.79 Å². The van der Waals surface area contributed by atoms with Crippen LogP contribution in [0.1, 0.15) is 46.5 Å². The van der Waals surface area contributed by atoms with Crippen LogP contribution in [0.25, 0.3) is 0 Å². The molecule has 4 rings (SSSR count). The van der Waals surface area contributed by atoms with E-state index in [0.717, 1.165) is 19.3 Å². The smallest absolute Gasteiger partial charge is 0.303 e. The Bertz CT molecular complexity index is 690. The Hall–Kier alpha value is -1.39. The number of carbonyl (C=O) groups is 1. The zero-order chi connectivity index (χ0) is 18.0. The quantitative estimate of drug-likeness (QED) is 0.567. The van der Waals surface area contributed by atoms with Gasteiger partial charge < -0.3 is 14.9 Å². The molecule has 0 heterocycles. The van der Waals surface area contributed by atoms with Gasteiger partial charge in [-0.25, -0.2) is 0 Å². The molecule has 0 saturated carbocycles. The molecule has 25 heavy (non-hydrogen) atoms. The number of hydrogen-bond acceptors (Lipinski definition) is 4. The van der Waals surface area contributed by atoms with E-state index in [1.807, 2.05) is 12.2 Å². The average molecular weight is 344 g/mol. The summed E-state index contributed by atoms with van der Waals surface area (Å²) >= 11 is 0. The molecule has 4 aliphatic carbocycles. The lowest BCUT2D eigenvalue weighted by molar-refractivity contribution is -0.147. The highest BCUT2D eigenvalue weighted by Crippen LogP contribution is 2.61. The van der Waals surface area contributed by atoms with Crippen LogP contribution in [-0.2, 0) is 9.53 Å². The second-order valence-electron chi connectivity index (χ2n) is 8.72. The van der Waals surface area contributed by atoms with Crippen LogP contribution in [0.4, 0.5) is 0 Å². The third kappa shape index (κ3) is 2.37. The van der Waals surface area contributed by atoms with E-state index in [1.165, 1.54) is 18.1 Å². The lowest BCUT2D eigenvalue weighted by atomic mass is 9.52. The fraction of sp³-hybridized carbons (Fsp3) is 0.667. The summed E-state index contributed by atoms with van der Waals surface area (Å²) in [6.07, 6.45) is 10.3. The highest BCUT2D eigenvalue weighted by molar-refractivity contribution is 5.67. The zero-order valence-corrected chi connectivity index (χ0v) is 15.2. The molecule has 4 nitrogen and oxygen atoms in total. The maximum Gasteiger partial charge on any atom is 0.303 e. The predicted molar refractivity (Wildman–Crippen MR) is 94.5 cm³/mol. The van der Waals surface area contributed by atoms with E-state index in [2.05, 4.69) is 26.0 Å². The number of carbonyl (C=O) groups excluding carboxylic acids is 1. The molecule has 0 spiro atoms. The Kier molecular flexibility index (Phi) is 3.79. The van der Waals surface area contributed by atoms with Gasteiger partial charge in [-0.1, -0.05) is 43.7 Å². The molecule has 2 N–H and O–H groups in total. The van der Waals surface area contributed by atoms with E-state index in [1.54, 1.807) is 0 Å². The summed E-state index contributed by atoms with van der Waals surface area (Å²) in [7, 11) is 0. The summed E-state index contributed by atoms with van der Waals surface area (Å²) in [5.74, 6) is 0.131. The molecule has 4 heteroatoms. The van der Waals surface area contributed by atoms with Gasteiger partial charge in [-0.05, 0) is 37.2 Å². The summed E-state index contributed by atoms with van der Waals surface area (Å²) in [5, 5.41) is 20.6. The van der Waals surface area contributed by atoms with Crippen LogP contribution >= 0.6 is 0 Å². The van der Waals surface area contributed by atoms with Gasteiger partial charge in [0.25, 0.3) is 0 Å². The first-order chi connectivity index (χ1) is 11.8. The summed E-state index contributed by atoms with van der Waals surface area (Å²) in [6.45, 7) is 5.87. The summed E-state index contributed by atoms with van der Waals surface area (Å²) in [6, 6.07) is 0. The van der Waals surface area contributed by atoms with Crippen molar-refractivity contribution in [3.8, 4) is 0 Å². The van der Waals surface area contributed by atoms with Gasteiger partial charge in [0.2, 0.25) is 0 Å². The topological polar surface area (TPSA) is 66.8 Å². The van der Waals surface area contributed by atoms with Crippen molar-refractivity contribution in [1.29, 1.82) is 0 Å². The molecular weight excluding hydrogens is 316 g/mol. The second kappa shape index (κ2) is 5.55. The van der Waals surface area contributed by atoms with Crippen molar-refractivity contribution in [3.05, 3.63) is 35.5 Å². The number of aliphatic hydroxyl groups is 2. The largest absolute Gasteiger partial charge is 0.458 e. The molecule has 0 aromatic rings. The van der Waals surface area contributed by atoms with Crippen molar-refractivity contribution in [1.82, 2.24) is 0 Å². The Balaban J connectivity index is 1.85. The number of rotatable bonds is 1. The van der Waals surface area contributed by atoms with Crippen LogP contribution < -0.4 is 0 Å². The number of ether oxygens (including phenoxy) is 1. The van der Waals surface area contributed by atoms with Gasteiger partial charge in [-0.15, -0.1) is 0 Å². The minimum absolute atomic E-state index is 0.0894. The molecule has 0 aliphatic heterocycles. The number of fused-ring (bicyclic) bond motifs is 4. The average Bonchev–Trinajstić information content (AvgIpc) is 2.84. The van der Waals surface area contributed by atoms with Crippen molar-refractivity contribution >= 4 is 5.97 Å². The van der Waals surface area contributed by atoms with Crippen LogP contribution in [0.3, 0.4) is 0 Å². The van der Waals surface area contributed by atoms with E-state index < -0.39 is 12.2 Å². The Morgan fingerprint density at radius 1 is 1.20 bits per heavy atom. The van der Waals surface area contributed by atoms with E-state index in [9.17, 15) is 15.0 Å². The normalized spacial score (nSPS) is 48.0. The molecule has 0 fully saturated rings. The number of allylic oxidation sites excluding steroid dienone is 3. The van der Waals surface area contributed by atoms with Gasteiger partial charge in [0, 0.05) is 23.7 Å². The molecule has 0 bridgehead atoms. The lowest BCUT2D eigenvalue weighted by Crippen LogP contribution is -2.49. The van der Waals surface area contributed by atoms with E-state index in [-0.39, 0.29) is 34.7 Å². The molecule has 0 aromatic heterocycles. The Morgan fingerprint density at radius 3 is 2.68 bits per heavy atom. The lowest BCUT2D eigenvalue weighted by Gasteiger charge is -2.54. The third-order valence-corrected chi connectivity index (χ3v) is 7.31. The molecule has 4 aliphatic rings. The fourth-order valence-electron chi connectivity index (χ4n) is 5.75. The molecule has 0 aromatic carbocycles. The SMILES string of the molecule is CC(=O)O[C@H]1CC2C[C@@H](O)C=C[C@]2(C)C2=C1[C@@H]1C=C[C@H](O)[C@@]1(C)CC2. The first-order valence-electron chi connectivity index (χ1n) is 9.40. The maximum absolute atomic E-state index is 11.8. The molecular formula is C21H28O4. The predicted octanol–water partition coefficient (Wildman–Crippen LogP) is 2.91. The molecule has 1 unspecified atom stereocenters. The fourth-order valence-corrected chi connectivity index (χ4v) is 5.75. The summed E-state index contributed by atoms with van der Waals surface area (Å²) in [4.78, 5) is 11.8. The van der Waals surface area contributed by atoms with Crippen molar-refractivity contribution in [2.45, 2.75) is 64.8 Å². The first-order valence-corrected chi connectivity index (χ1v) is 9.40. The van der Waals surface area contributed by atoms with Gasteiger partial charge in [0.1, 0.15) is 6.10 Å². The Morgan fingerprint density at radius 2 is 1.96 bits per heavy atom. The first kappa shape index (κ1) is 17.0. The number of esters is 1. The highest BCUT2D eigenvalue weighted by Gasteiger charge is 2.55. The van der Waals surface area contributed by atoms with E-state index >= 15 is 0 Å². The van der Waals surface area contributed by atoms with Gasteiger partial charge >= 0.3 is 5.97 Å². The molecule has 7 atom stereocenters. The monoisotopic (exact) mass is 344 g/mol. The van der Waals surface area contributed by atoms with Gasteiger partial charge in [-0.2, -0.15) is 0 Å². The molecule has 0 saturated heterocycles. The zero-order valence-electron chi connectivity index (χ0n) is 15.2. The summed E-state index contributed by atoms with van der Waals surface area (Å²) < 4.78 is 5.76. The highest BCUT2D eigenvalue weighted by atomic mass is 16.5. The Labute approximate surface area is 149 Å². The standard InChI is InChI=1S/C21H28O4/c1-12(22)25-17-11-13-10-14(23)6-8-20(13,2)16-7-9-21(3)15(19(16)17)4-5-18(21)24/h4-6,8,13-15,17-18,23-24H,7,9-11H2,1-3H3/t13?,14-,15-,17-,18-,20-,21-/m0/s1. The van der Waals surface area contributed by atoms with Crippen molar-refractivity contribution < 1.29 is 19.7 Å². The van der Waals surface area contributed by atoms with E-state index in [4.69, 9.17) is 4.74 Å². The van der Waals surface area contributed by atoms with Crippen molar-refractivity contribution in [2.75, 3.05) is 0 Å². The van der Waals surface area contributed by atoms with Crippen LogP contribution in [0.15, 0.2) is 35.5 Å². The second-order valence-corrected chi connectivity index (χ2v) is 8.72. The number of aliphatic hydroxyl groups excluding tert-OH is 2.